The van der Waals surface area contributed by atoms with E-state index in [1.165, 1.54) is 11.4 Å². The number of hydrogen-bond donors (Lipinski definition) is 2. The van der Waals surface area contributed by atoms with Gasteiger partial charge < -0.3 is 14.5 Å². The molecule has 0 amide bonds. The van der Waals surface area contributed by atoms with E-state index in [2.05, 4.69) is 40.5 Å². The normalized spacial score (nSPS) is 10.7. The second kappa shape index (κ2) is 3.21. The summed E-state index contributed by atoms with van der Waals surface area (Å²) < 4.78 is 2.15. The molecule has 0 aliphatic heterocycles. The Balaban J connectivity index is 2.31. The first kappa shape index (κ1) is 8.87. The van der Waals surface area contributed by atoms with E-state index >= 15 is 0 Å². The zero-order chi connectivity index (χ0) is 10.1. The van der Waals surface area contributed by atoms with Gasteiger partial charge in [0.25, 0.3) is 0 Å². The van der Waals surface area contributed by atoms with E-state index in [4.69, 9.17) is 0 Å². The second-order valence-electron chi connectivity index (χ2n) is 3.47. The summed E-state index contributed by atoms with van der Waals surface area (Å²) in [5.74, 6) is 0. The van der Waals surface area contributed by atoms with Crippen LogP contribution in [0.2, 0.25) is 0 Å². The van der Waals surface area contributed by atoms with Crippen molar-refractivity contribution >= 4 is 0 Å². The number of nitrogens with one attached hydrogen (secondary N) is 2. The Bertz CT molecular complexity index is 470. The molecular formula is C10H13N3O. The predicted octanol–water partition coefficient (Wildman–Crippen LogP) is 1.17. The number of nitrogens with zero attached hydrogens (tertiary/aromatic N) is 1. The monoisotopic (exact) mass is 191 g/mol. The van der Waals surface area contributed by atoms with Gasteiger partial charge in [0.05, 0.1) is 12.2 Å². The molecule has 0 radical (unpaired) electrons. The molecule has 0 atom stereocenters. The third kappa shape index (κ3) is 1.51. The second-order valence-corrected chi connectivity index (χ2v) is 3.47. The van der Waals surface area contributed by atoms with Crippen molar-refractivity contribution in [2.75, 3.05) is 0 Å². The van der Waals surface area contributed by atoms with Crippen molar-refractivity contribution in [1.82, 2.24) is 14.5 Å². The molecule has 2 heterocycles. The molecule has 4 nitrogen and oxygen atoms in total. The van der Waals surface area contributed by atoms with E-state index in [1.54, 1.807) is 6.20 Å². The lowest BCUT2D eigenvalue weighted by molar-refractivity contribution is 0.733. The Morgan fingerprint density at radius 1 is 1.29 bits per heavy atom. The third-order valence-corrected chi connectivity index (χ3v) is 2.40. The van der Waals surface area contributed by atoms with Gasteiger partial charge >= 0.3 is 5.69 Å². The number of H-pyrrole nitrogens is 2. The van der Waals surface area contributed by atoms with Crippen LogP contribution in [-0.2, 0) is 6.54 Å². The van der Waals surface area contributed by atoms with Crippen LogP contribution in [0.3, 0.4) is 0 Å². The molecule has 14 heavy (non-hydrogen) atoms. The molecule has 2 aromatic heterocycles. The van der Waals surface area contributed by atoms with Crippen molar-refractivity contribution in [3.05, 3.63) is 45.9 Å². The fourth-order valence-corrected chi connectivity index (χ4v) is 1.57. The molecule has 0 aliphatic rings. The average molecular weight is 191 g/mol. The topological polar surface area (TPSA) is 53.6 Å². The quantitative estimate of drug-likeness (QED) is 0.735. The van der Waals surface area contributed by atoms with Crippen LogP contribution in [-0.4, -0.2) is 14.5 Å². The predicted molar refractivity (Wildman–Crippen MR) is 54.4 cm³/mol. The van der Waals surface area contributed by atoms with E-state index in [1.807, 2.05) is 0 Å². The minimum absolute atomic E-state index is 0.150. The molecule has 0 saturated carbocycles. The molecule has 0 aliphatic carbocycles. The maximum atomic E-state index is 10.9. The number of rotatable bonds is 2. The van der Waals surface area contributed by atoms with E-state index < -0.39 is 0 Å². The van der Waals surface area contributed by atoms with Gasteiger partial charge in [0.1, 0.15) is 0 Å². The van der Waals surface area contributed by atoms with E-state index in [0.717, 1.165) is 5.69 Å². The Morgan fingerprint density at radius 3 is 2.43 bits per heavy atom. The summed E-state index contributed by atoms with van der Waals surface area (Å²) in [6.07, 6.45) is 1.71. The Labute approximate surface area is 81.6 Å². The molecule has 2 N–H and O–H groups in total. The lowest BCUT2D eigenvalue weighted by Gasteiger charge is -2.06. The summed E-state index contributed by atoms with van der Waals surface area (Å²) >= 11 is 0. The highest BCUT2D eigenvalue weighted by atomic mass is 16.1. The number of hydrogen-bond acceptors (Lipinski definition) is 1. The molecule has 0 fully saturated rings. The van der Waals surface area contributed by atoms with Crippen LogP contribution in [0.4, 0.5) is 0 Å². The van der Waals surface area contributed by atoms with Crippen LogP contribution >= 0.6 is 0 Å². The summed E-state index contributed by atoms with van der Waals surface area (Å²) in [5, 5.41) is 0. The number of aryl methyl sites for hydroxylation is 2. The third-order valence-electron chi connectivity index (χ3n) is 2.40. The van der Waals surface area contributed by atoms with E-state index in [0.29, 0.717) is 6.54 Å². The van der Waals surface area contributed by atoms with E-state index in [9.17, 15) is 4.79 Å². The maximum absolute atomic E-state index is 10.9. The summed E-state index contributed by atoms with van der Waals surface area (Å²) in [6, 6.07) is 4.14. The number of imidazole rings is 1. The van der Waals surface area contributed by atoms with Gasteiger partial charge in [0, 0.05) is 17.6 Å². The van der Waals surface area contributed by atoms with Crippen molar-refractivity contribution in [3.8, 4) is 0 Å². The van der Waals surface area contributed by atoms with Crippen LogP contribution in [0.1, 0.15) is 17.1 Å². The van der Waals surface area contributed by atoms with Gasteiger partial charge in [-0.1, -0.05) is 0 Å². The van der Waals surface area contributed by atoms with Gasteiger partial charge in [-0.05, 0) is 26.0 Å². The van der Waals surface area contributed by atoms with Crippen molar-refractivity contribution in [2.45, 2.75) is 20.4 Å². The van der Waals surface area contributed by atoms with Crippen LogP contribution in [0.5, 0.6) is 0 Å². The van der Waals surface area contributed by atoms with Crippen molar-refractivity contribution in [2.24, 2.45) is 0 Å². The van der Waals surface area contributed by atoms with Crippen molar-refractivity contribution < 1.29 is 0 Å². The summed E-state index contributed by atoms with van der Waals surface area (Å²) in [4.78, 5) is 16.2. The smallest absolute Gasteiger partial charge is 0.323 e. The lowest BCUT2D eigenvalue weighted by atomic mass is 10.4. The molecule has 0 saturated heterocycles. The van der Waals surface area contributed by atoms with Gasteiger partial charge in [-0.25, -0.2) is 4.79 Å². The Hall–Kier alpha value is -1.71. The van der Waals surface area contributed by atoms with Gasteiger partial charge in [0.15, 0.2) is 0 Å². The molecule has 0 bridgehead atoms. The highest BCUT2D eigenvalue weighted by Crippen LogP contribution is 2.08. The first-order valence-electron chi connectivity index (χ1n) is 4.56. The first-order valence-corrected chi connectivity index (χ1v) is 4.56. The van der Waals surface area contributed by atoms with Crippen LogP contribution < -0.4 is 5.69 Å². The zero-order valence-corrected chi connectivity index (χ0v) is 8.29. The lowest BCUT2D eigenvalue weighted by Crippen LogP contribution is -2.06. The SMILES string of the molecule is Cc1ccc(C)n1Cc1c[nH]c(=O)[nH]1. The largest absolute Gasteiger partial charge is 0.343 e. The molecule has 74 valence electrons. The van der Waals surface area contributed by atoms with Gasteiger partial charge in [-0.3, -0.25) is 0 Å². The Kier molecular flexibility index (Phi) is 2.04. The standard InChI is InChI=1S/C10H13N3O/c1-7-3-4-8(2)13(7)6-9-5-11-10(14)12-9/h3-5H,6H2,1-2H3,(H2,11,12,14). The Morgan fingerprint density at radius 2 is 1.93 bits per heavy atom. The highest BCUT2D eigenvalue weighted by Gasteiger charge is 2.02. The highest BCUT2D eigenvalue weighted by molar-refractivity contribution is 5.15. The molecular weight excluding hydrogens is 178 g/mol. The van der Waals surface area contributed by atoms with Crippen LogP contribution in [0.25, 0.3) is 0 Å². The van der Waals surface area contributed by atoms with Gasteiger partial charge in [-0.15, -0.1) is 0 Å². The van der Waals surface area contributed by atoms with Crippen LogP contribution in [0, 0.1) is 13.8 Å². The molecule has 4 heteroatoms. The minimum Gasteiger partial charge on any atom is -0.343 e. The maximum Gasteiger partial charge on any atom is 0.323 e. The number of aromatic amines is 2. The van der Waals surface area contributed by atoms with Crippen molar-refractivity contribution in [3.63, 3.8) is 0 Å². The van der Waals surface area contributed by atoms with Gasteiger partial charge in [-0.2, -0.15) is 0 Å². The molecule has 0 spiro atoms. The van der Waals surface area contributed by atoms with Crippen LogP contribution in [0.15, 0.2) is 23.1 Å². The summed E-state index contributed by atoms with van der Waals surface area (Å²) in [5.41, 5.74) is 3.15. The zero-order valence-electron chi connectivity index (χ0n) is 8.29. The summed E-state index contributed by atoms with van der Waals surface area (Å²) in [6.45, 7) is 4.82. The molecule has 2 rings (SSSR count). The number of aromatic nitrogens is 3. The first-order chi connectivity index (χ1) is 6.66. The van der Waals surface area contributed by atoms with Crippen molar-refractivity contribution in [1.29, 1.82) is 0 Å². The average Bonchev–Trinajstić information content (AvgIpc) is 2.67. The fourth-order valence-electron chi connectivity index (χ4n) is 1.57. The molecule has 0 unspecified atom stereocenters. The summed E-state index contributed by atoms with van der Waals surface area (Å²) in [7, 11) is 0. The fraction of sp³-hybridized carbons (Fsp3) is 0.300. The molecule has 0 aromatic carbocycles. The van der Waals surface area contributed by atoms with E-state index in [-0.39, 0.29) is 5.69 Å². The minimum atomic E-state index is -0.150. The van der Waals surface area contributed by atoms with Gasteiger partial charge in [0.2, 0.25) is 0 Å². The molecule has 2 aromatic rings.